The molecule has 1 saturated heterocycles. The van der Waals surface area contributed by atoms with E-state index in [1.807, 2.05) is 0 Å². The number of pyridine rings is 1. The second-order valence-electron chi connectivity index (χ2n) is 12.2. The van der Waals surface area contributed by atoms with Gasteiger partial charge in [-0.1, -0.05) is 29.8 Å². The van der Waals surface area contributed by atoms with Gasteiger partial charge in [0, 0.05) is 49.1 Å². The number of rotatable bonds is 11. The van der Waals surface area contributed by atoms with Crippen LogP contribution in [0, 0.1) is 0 Å². The maximum absolute atomic E-state index is 14.2. The molecule has 51 heavy (non-hydrogen) atoms. The summed E-state index contributed by atoms with van der Waals surface area (Å²) in [6.45, 7) is 2.18. The van der Waals surface area contributed by atoms with Gasteiger partial charge < -0.3 is 18.9 Å². The van der Waals surface area contributed by atoms with E-state index in [9.17, 15) is 21.6 Å². The van der Waals surface area contributed by atoms with Crippen LogP contribution in [0.25, 0.3) is 0 Å². The van der Waals surface area contributed by atoms with Crippen LogP contribution in [0.5, 0.6) is 17.4 Å². The summed E-state index contributed by atoms with van der Waals surface area (Å²) in [6, 6.07) is 14.7. The first-order valence-corrected chi connectivity index (χ1v) is 18.1. The normalized spacial score (nSPS) is 20.1. The monoisotopic (exact) mass is 747 g/mol. The van der Waals surface area contributed by atoms with Crippen LogP contribution in [0.2, 0.25) is 5.15 Å². The number of anilines is 1. The number of sulfonamides is 1. The lowest BCUT2D eigenvalue weighted by Gasteiger charge is -2.43. The van der Waals surface area contributed by atoms with E-state index in [1.165, 1.54) is 57.1 Å². The molecule has 2 aromatic carbocycles. The number of hydrogen-bond donors (Lipinski definition) is 0. The quantitative estimate of drug-likeness (QED) is 0.160. The molecule has 0 bridgehead atoms. The van der Waals surface area contributed by atoms with Gasteiger partial charge in [-0.25, -0.2) is 27.7 Å². The smallest absolute Gasteiger partial charge is 0.416 e. The second-order valence-corrected chi connectivity index (χ2v) is 14.4. The lowest BCUT2D eigenvalue weighted by Crippen LogP contribution is -2.53. The SMILES string of the molecule is COc1ccc(CN(c2ccncn2)S(=O)(=O)c2ccc(O[C@H]3CC[C@H](c4cccc(C(F)(F)F)c4)C[C@@H]3N3CCOCC3)nc2Cl)c(OC)c1. The number of nitrogens with zero attached hydrogens (tertiary/aromatic N) is 5. The fourth-order valence-electron chi connectivity index (χ4n) is 6.62. The van der Waals surface area contributed by atoms with Crippen molar-refractivity contribution in [1.82, 2.24) is 19.9 Å². The molecule has 272 valence electrons. The highest BCUT2D eigenvalue weighted by atomic mass is 35.5. The van der Waals surface area contributed by atoms with Crippen LogP contribution < -0.4 is 18.5 Å². The summed E-state index contributed by atoms with van der Waals surface area (Å²) in [5.74, 6) is 1.07. The minimum absolute atomic E-state index is 0.102. The molecule has 3 heterocycles. The molecule has 0 N–H and O–H groups in total. The van der Waals surface area contributed by atoms with E-state index in [0.717, 1.165) is 10.4 Å². The molecule has 11 nitrogen and oxygen atoms in total. The van der Waals surface area contributed by atoms with Gasteiger partial charge in [0.25, 0.3) is 10.0 Å². The van der Waals surface area contributed by atoms with E-state index in [4.69, 9.17) is 30.5 Å². The number of ether oxygens (including phenoxy) is 4. The highest BCUT2D eigenvalue weighted by molar-refractivity contribution is 7.92. The fraction of sp³-hybridized carbons (Fsp3) is 0.400. The molecule has 0 radical (unpaired) electrons. The predicted molar refractivity (Wildman–Crippen MR) is 183 cm³/mol. The average molecular weight is 748 g/mol. The van der Waals surface area contributed by atoms with Crippen molar-refractivity contribution in [1.29, 1.82) is 0 Å². The maximum Gasteiger partial charge on any atom is 0.416 e. The third-order valence-electron chi connectivity index (χ3n) is 9.21. The minimum atomic E-state index is -4.43. The third kappa shape index (κ3) is 8.32. The van der Waals surface area contributed by atoms with E-state index < -0.39 is 21.8 Å². The van der Waals surface area contributed by atoms with Gasteiger partial charge in [0.15, 0.2) is 5.15 Å². The summed E-state index contributed by atoms with van der Waals surface area (Å²) in [5.41, 5.74) is 0.508. The molecule has 0 spiro atoms. The van der Waals surface area contributed by atoms with Gasteiger partial charge in [-0.3, -0.25) is 4.90 Å². The summed E-state index contributed by atoms with van der Waals surface area (Å²) in [5, 5.41) is -0.297. The molecule has 1 saturated carbocycles. The molecule has 2 aromatic heterocycles. The van der Waals surface area contributed by atoms with Crippen molar-refractivity contribution in [3.8, 4) is 17.4 Å². The lowest BCUT2D eigenvalue weighted by molar-refractivity contribution is -0.137. The number of hydrogen-bond acceptors (Lipinski definition) is 10. The van der Waals surface area contributed by atoms with E-state index >= 15 is 0 Å². The Bertz CT molecular complexity index is 1920. The van der Waals surface area contributed by atoms with Crippen LogP contribution in [0.15, 0.2) is 78.1 Å². The number of aromatic nitrogens is 3. The van der Waals surface area contributed by atoms with Crippen LogP contribution >= 0.6 is 11.6 Å². The van der Waals surface area contributed by atoms with Crippen molar-refractivity contribution in [3.63, 3.8) is 0 Å². The lowest BCUT2D eigenvalue weighted by atomic mass is 9.78. The van der Waals surface area contributed by atoms with Crippen molar-refractivity contribution in [2.24, 2.45) is 0 Å². The molecule has 3 atom stereocenters. The van der Waals surface area contributed by atoms with E-state index in [1.54, 1.807) is 24.3 Å². The van der Waals surface area contributed by atoms with E-state index in [-0.39, 0.29) is 46.4 Å². The number of morpholine rings is 1. The highest BCUT2D eigenvalue weighted by Crippen LogP contribution is 2.40. The summed E-state index contributed by atoms with van der Waals surface area (Å²) >= 11 is 6.61. The average Bonchev–Trinajstić information content (AvgIpc) is 3.14. The standard InChI is InChI=1S/C35H37ClF3N5O6S/c1-47-27-8-6-25(30(20-27)48-2)21-44(32-12-13-40-22-41-32)51(45,46)31-10-11-33(42-34(31)36)50-29-9-7-24(19-28(29)43-14-16-49-17-15-43)23-4-3-5-26(18-23)35(37,38)39/h3-6,8,10-13,18,20,22,24,28-29H,7,9,14-17,19,21H2,1-2H3/t24-,28-,29-/m0/s1. The van der Waals surface area contributed by atoms with Gasteiger partial charge >= 0.3 is 6.18 Å². The zero-order chi connectivity index (χ0) is 36.2. The highest BCUT2D eigenvalue weighted by Gasteiger charge is 2.39. The molecule has 16 heteroatoms. The van der Waals surface area contributed by atoms with Gasteiger partial charge in [0.1, 0.15) is 34.6 Å². The van der Waals surface area contributed by atoms with Gasteiger partial charge in [-0.05, 0) is 55.0 Å². The van der Waals surface area contributed by atoms with Crippen molar-refractivity contribution >= 4 is 27.4 Å². The molecule has 1 aliphatic heterocycles. The van der Waals surface area contributed by atoms with E-state index in [0.29, 0.717) is 68.2 Å². The first kappa shape index (κ1) is 36.6. The number of benzene rings is 2. The fourth-order valence-corrected chi connectivity index (χ4v) is 8.45. The zero-order valence-corrected chi connectivity index (χ0v) is 29.5. The van der Waals surface area contributed by atoms with Crippen molar-refractivity contribution < 1.29 is 40.5 Å². The minimum Gasteiger partial charge on any atom is -0.497 e. The molecule has 0 amide bonds. The van der Waals surface area contributed by atoms with Crippen LogP contribution in [0.1, 0.15) is 41.9 Å². The molecule has 4 aromatic rings. The molecule has 2 aliphatic rings. The maximum atomic E-state index is 14.2. The summed E-state index contributed by atoms with van der Waals surface area (Å²) in [7, 11) is -1.36. The van der Waals surface area contributed by atoms with Gasteiger partial charge in [-0.2, -0.15) is 13.2 Å². The van der Waals surface area contributed by atoms with Crippen LogP contribution in [-0.4, -0.2) is 80.9 Å². The van der Waals surface area contributed by atoms with Crippen molar-refractivity contribution in [2.45, 2.75) is 54.9 Å². The Morgan fingerprint density at radius 1 is 1.02 bits per heavy atom. The Morgan fingerprint density at radius 3 is 2.51 bits per heavy atom. The first-order chi connectivity index (χ1) is 24.5. The third-order valence-corrected chi connectivity index (χ3v) is 11.4. The second kappa shape index (κ2) is 15.6. The van der Waals surface area contributed by atoms with Gasteiger partial charge in [-0.15, -0.1) is 0 Å². The summed E-state index contributed by atoms with van der Waals surface area (Å²) < 4.78 is 92.9. The molecule has 6 rings (SSSR count). The largest absolute Gasteiger partial charge is 0.497 e. The van der Waals surface area contributed by atoms with E-state index in [2.05, 4.69) is 19.9 Å². The summed E-state index contributed by atoms with van der Waals surface area (Å²) in [6.07, 6.45) is -0.445. The molecule has 1 aliphatic carbocycles. The van der Waals surface area contributed by atoms with Crippen molar-refractivity contribution in [2.75, 3.05) is 44.8 Å². The Labute approximate surface area is 299 Å². The molecular formula is C35H37ClF3N5O6S. The number of halogens is 4. The first-order valence-electron chi connectivity index (χ1n) is 16.3. The Kier molecular flexibility index (Phi) is 11.2. The van der Waals surface area contributed by atoms with Crippen LogP contribution in [0.4, 0.5) is 19.0 Å². The van der Waals surface area contributed by atoms with Crippen LogP contribution in [-0.2, 0) is 27.5 Å². The predicted octanol–water partition coefficient (Wildman–Crippen LogP) is 6.37. The van der Waals surface area contributed by atoms with Crippen molar-refractivity contribution in [3.05, 3.63) is 95.0 Å². The zero-order valence-electron chi connectivity index (χ0n) is 27.9. The Hall–Kier alpha value is -4.18. The van der Waals surface area contributed by atoms with Gasteiger partial charge in [0.2, 0.25) is 5.88 Å². The Balaban J connectivity index is 1.26. The van der Waals surface area contributed by atoms with Crippen LogP contribution in [0.3, 0.4) is 0 Å². The Morgan fingerprint density at radius 2 is 1.82 bits per heavy atom. The molecule has 0 unspecified atom stereocenters. The summed E-state index contributed by atoms with van der Waals surface area (Å²) in [4.78, 5) is 14.5. The number of methoxy groups -OCH3 is 2. The molecular weight excluding hydrogens is 711 g/mol. The van der Waals surface area contributed by atoms with Gasteiger partial charge in [0.05, 0.1) is 39.5 Å². The molecule has 2 fully saturated rings. The number of alkyl halides is 3. The topological polar surface area (TPSA) is 116 Å².